The molecule has 0 aliphatic rings. The van der Waals surface area contributed by atoms with Gasteiger partial charge in [0.1, 0.15) is 16.2 Å². The van der Waals surface area contributed by atoms with Gasteiger partial charge < -0.3 is 0 Å². The molecular formula is C16H15ClN4O2S. The molecule has 0 amide bonds. The van der Waals surface area contributed by atoms with Gasteiger partial charge in [-0.05, 0) is 18.6 Å². The number of thioether (sulfide) groups is 1. The molecule has 0 saturated carbocycles. The first kappa shape index (κ1) is 16.7. The van der Waals surface area contributed by atoms with E-state index in [0.717, 1.165) is 10.1 Å². The molecule has 6 nitrogen and oxygen atoms in total. The number of halogens is 1. The smallest absolute Gasteiger partial charge is 0.280 e. The quantitative estimate of drug-likeness (QED) is 0.528. The van der Waals surface area contributed by atoms with E-state index in [1.54, 1.807) is 14.0 Å². The van der Waals surface area contributed by atoms with E-state index in [1.165, 1.54) is 23.4 Å². The fourth-order valence-corrected chi connectivity index (χ4v) is 3.74. The van der Waals surface area contributed by atoms with Gasteiger partial charge >= 0.3 is 5.69 Å². The van der Waals surface area contributed by atoms with Crippen molar-refractivity contribution in [3.05, 3.63) is 61.5 Å². The number of benzene rings is 1. The summed E-state index contributed by atoms with van der Waals surface area (Å²) >= 11 is 7.59. The minimum absolute atomic E-state index is 0.345. The fraction of sp³-hybridized carbons (Fsp3) is 0.250. The predicted octanol–water partition coefficient (Wildman–Crippen LogP) is 2.28. The number of hydrogen-bond acceptors (Lipinski definition) is 5. The molecule has 0 unspecified atom stereocenters. The molecule has 3 rings (SSSR count). The maximum Gasteiger partial charge on any atom is 0.332 e. The van der Waals surface area contributed by atoms with Gasteiger partial charge in [-0.2, -0.15) is 0 Å². The largest absolute Gasteiger partial charge is 0.332 e. The molecule has 0 aliphatic heterocycles. The van der Waals surface area contributed by atoms with Gasteiger partial charge in [-0.25, -0.2) is 14.8 Å². The summed E-state index contributed by atoms with van der Waals surface area (Å²) in [5.74, 6) is 1.07. The van der Waals surface area contributed by atoms with Crippen molar-refractivity contribution in [2.45, 2.75) is 17.7 Å². The van der Waals surface area contributed by atoms with Gasteiger partial charge in [-0.3, -0.25) is 13.9 Å². The highest BCUT2D eigenvalue weighted by atomic mass is 35.5. The van der Waals surface area contributed by atoms with Crippen LogP contribution in [0.15, 0.2) is 38.9 Å². The first-order chi connectivity index (χ1) is 11.4. The fourth-order valence-electron chi connectivity index (χ4n) is 2.40. The van der Waals surface area contributed by atoms with Crippen molar-refractivity contribution in [1.29, 1.82) is 0 Å². The van der Waals surface area contributed by atoms with Crippen molar-refractivity contribution in [1.82, 2.24) is 19.1 Å². The lowest BCUT2D eigenvalue weighted by Gasteiger charge is -2.11. The van der Waals surface area contributed by atoms with E-state index in [0.29, 0.717) is 32.7 Å². The Labute approximate surface area is 147 Å². The summed E-state index contributed by atoms with van der Waals surface area (Å²) in [6.45, 7) is 1.74. The Hall–Kier alpha value is -2.12. The number of rotatable bonds is 3. The first-order valence-corrected chi connectivity index (χ1v) is 8.57. The van der Waals surface area contributed by atoms with Gasteiger partial charge in [0.25, 0.3) is 5.56 Å². The Bertz CT molecular complexity index is 1060. The molecule has 0 saturated heterocycles. The molecule has 1 aromatic carbocycles. The molecule has 0 spiro atoms. The van der Waals surface area contributed by atoms with Crippen LogP contribution in [0.25, 0.3) is 11.0 Å². The van der Waals surface area contributed by atoms with Gasteiger partial charge in [0, 0.05) is 24.9 Å². The van der Waals surface area contributed by atoms with E-state index in [2.05, 4.69) is 9.97 Å². The molecule has 3 aromatic rings. The summed E-state index contributed by atoms with van der Waals surface area (Å²) in [5, 5.41) is 1.57. The topological polar surface area (TPSA) is 69.8 Å². The minimum atomic E-state index is -0.410. The number of hydrogen-bond donors (Lipinski definition) is 0. The molecule has 0 atom stereocenters. The third-order valence-electron chi connectivity index (χ3n) is 3.70. The maximum atomic E-state index is 12.5. The van der Waals surface area contributed by atoms with Crippen LogP contribution in [0.5, 0.6) is 0 Å². The van der Waals surface area contributed by atoms with Crippen molar-refractivity contribution >= 4 is 34.4 Å². The van der Waals surface area contributed by atoms with E-state index in [9.17, 15) is 9.59 Å². The van der Waals surface area contributed by atoms with Crippen LogP contribution >= 0.6 is 23.4 Å². The van der Waals surface area contributed by atoms with E-state index in [4.69, 9.17) is 11.6 Å². The molecule has 2 aromatic heterocycles. The molecule has 8 heteroatoms. The number of aromatic nitrogens is 4. The summed E-state index contributed by atoms with van der Waals surface area (Å²) in [7, 11) is 3.05. The van der Waals surface area contributed by atoms with E-state index >= 15 is 0 Å². The zero-order valence-electron chi connectivity index (χ0n) is 13.4. The van der Waals surface area contributed by atoms with Gasteiger partial charge in [0.2, 0.25) is 0 Å². The van der Waals surface area contributed by atoms with Crippen molar-refractivity contribution in [3.8, 4) is 0 Å². The van der Waals surface area contributed by atoms with Crippen LogP contribution in [0.3, 0.4) is 0 Å². The van der Waals surface area contributed by atoms with E-state index < -0.39 is 11.2 Å². The monoisotopic (exact) mass is 362 g/mol. The molecule has 0 bridgehead atoms. The number of aryl methyl sites for hydroxylation is 2. The molecule has 0 fully saturated rings. The number of nitrogens with zero attached hydrogens (tertiary/aromatic N) is 4. The zero-order valence-corrected chi connectivity index (χ0v) is 15.0. The molecule has 0 N–H and O–H groups in total. The van der Waals surface area contributed by atoms with Gasteiger partial charge in [-0.15, -0.1) is 11.8 Å². The Kier molecular flexibility index (Phi) is 4.47. The zero-order chi connectivity index (χ0) is 17.4. The van der Waals surface area contributed by atoms with Gasteiger partial charge in [0.05, 0.1) is 0 Å². The molecule has 0 aliphatic carbocycles. The highest BCUT2D eigenvalue weighted by molar-refractivity contribution is 7.98. The third kappa shape index (κ3) is 2.85. The van der Waals surface area contributed by atoms with Crippen molar-refractivity contribution < 1.29 is 0 Å². The SMILES string of the molecule is Cc1nc(SCc2ccccc2Cl)c2c(=O)n(C)c(=O)n(C)c2n1. The van der Waals surface area contributed by atoms with Crippen LogP contribution < -0.4 is 11.2 Å². The summed E-state index contributed by atoms with van der Waals surface area (Å²) in [6.07, 6.45) is 0. The maximum absolute atomic E-state index is 12.5. The second-order valence-corrected chi connectivity index (χ2v) is 6.73. The average molecular weight is 363 g/mol. The number of fused-ring (bicyclic) bond motifs is 1. The summed E-state index contributed by atoms with van der Waals surface area (Å²) in [5.41, 5.74) is 0.495. The van der Waals surface area contributed by atoms with Crippen LogP contribution in [0.4, 0.5) is 0 Å². The average Bonchev–Trinajstić information content (AvgIpc) is 2.56. The molecular weight excluding hydrogens is 348 g/mol. The third-order valence-corrected chi connectivity index (χ3v) is 5.09. The van der Waals surface area contributed by atoms with E-state index in [1.807, 2.05) is 24.3 Å². The second-order valence-electron chi connectivity index (χ2n) is 5.36. The Morgan fingerprint density at radius 1 is 1.12 bits per heavy atom. The summed E-state index contributed by atoms with van der Waals surface area (Å²) < 4.78 is 2.44. The van der Waals surface area contributed by atoms with Crippen LogP contribution in [0.2, 0.25) is 5.02 Å². The van der Waals surface area contributed by atoms with Crippen LogP contribution in [0.1, 0.15) is 11.4 Å². The molecule has 24 heavy (non-hydrogen) atoms. The Morgan fingerprint density at radius 2 is 1.83 bits per heavy atom. The van der Waals surface area contributed by atoms with Crippen molar-refractivity contribution in [2.75, 3.05) is 0 Å². The molecule has 124 valence electrons. The first-order valence-electron chi connectivity index (χ1n) is 7.20. The highest BCUT2D eigenvalue weighted by Crippen LogP contribution is 2.28. The van der Waals surface area contributed by atoms with Crippen molar-refractivity contribution in [3.63, 3.8) is 0 Å². The van der Waals surface area contributed by atoms with Gasteiger partial charge in [0.15, 0.2) is 5.65 Å². The Balaban J connectivity index is 2.16. The lowest BCUT2D eigenvalue weighted by Crippen LogP contribution is -2.37. The second kappa shape index (κ2) is 6.41. The van der Waals surface area contributed by atoms with Crippen LogP contribution in [-0.4, -0.2) is 19.1 Å². The minimum Gasteiger partial charge on any atom is -0.280 e. The highest BCUT2D eigenvalue weighted by Gasteiger charge is 2.16. The lowest BCUT2D eigenvalue weighted by atomic mass is 10.2. The summed E-state index contributed by atoms with van der Waals surface area (Å²) in [6, 6.07) is 7.53. The Morgan fingerprint density at radius 3 is 2.54 bits per heavy atom. The van der Waals surface area contributed by atoms with Crippen LogP contribution in [-0.2, 0) is 19.8 Å². The van der Waals surface area contributed by atoms with E-state index in [-0.39, 0.29) is 0 Å². The summed E-state index contributed by atoms with van der Waals surface area (Å²) in [4.78, 5) is 33.3. The molecule has 0 radical (unpaired) electrons. The van der Waals surface area contributed by atoms with Crippen LogP contribution in [0, 0.1) is 6.92 Å². The standard InChI is InChI=1S/C16H15ClN4O2S/c1-9-18-13-12(15(22)21(3)16(23)20(13)2)14(19-9)24-8-10-6-4-5-7-11(10)17/h4-7H,8H2,1-3H3. The molecule has 2 heterocycles. The lowest BCUT2D eigenvalue weighted by molar-refractivity contribution is 0.701. The van der Waals surface area contributed by atoms with Crippen molar-refractivity contribution in [2.24, 2.45) is 14.1 Å². The normalized spacial score (nSPS) is 11.2. The van der Waals surface area contributed by atoms with Gasteiger partial charge in [-0.1, -0.05) is 29.8 Å². The predicted molar refractivity (Wildman–Crippen MR) is 95.8 cm³/mol.